The summed E-state index contributed by atoms with van der Waals surface area (Å²) in [5.41, 5.74) is 0.612. The fourth-order valence-corrected chi connectivity index (χ4v) is 1.45. The van der Waals surface area contributed by atoms with Crippen LogP contribution in [0, 0.1) is 0 Å². The molecule has 0 bridgehead atoms. The Bertz CT molecular complexity index is 455. The second-order valence-electron chi connectivity index (χ2n) is 2.52. The summed E-state index contributed by atoms with van der Waals surface area (Å²) in [6, 6.07) is 6.30. The van der Waals surface area contributed by atoms with E-state index in [1.165, 1.54) is 18.5 Å². The van der Waals surface area contributed by atoms with Crippen molar-refractivity contribution in [2.45, 2.75) is 4.90 Å². The monoisotopic (exact) mass is 209 g/mol. The van der Waals surface area contributed by atoms with E-state index in [4.69, 9.17) is 0 Å². The Kier molecular flexibility index (Phi) is 2.38. The van der Waals surface area contributed by atoms with E-state index in [1.807, 2.05) is 0 Å². The molecule has 0 spiro atoms. The summed E-state index contributed by atoms with van der Waals surface area (Å²) in [6.45, 7) is 0. The molecule has 14 heavy (non-hydrogen) atoms. The molecule has 1 atom stereocenters. The Morgan fingerprint density at radius 3 is 2.93 bits per heavy atom. The van der Waals surface area contributed by atoms with Crippen LogP contribution in [0.4, 0.5) is 0 Å². The minimum Gasteiger partial charge on any atom is -0.768 e. The van der Waals surface area contributed by atoms with Gasteiger partial charge in [0.05, 0.1) is 0 Å². The van der Waals surface area contributed by atoms with Gasteiger partial charge in [-0.25, -0.2) is 0 Å². The van der Waals surface area contributed by atoms with Crippen LogP contribution in [0.2, 0.25) is 0 Å². The minimum absolute atomic E-state index is 0.201. The average Bonchev–Trinajstić information content (AvgIpc) is 2.71. The van der Waals surface area contributed by atoms with Crippen molar-refractivity contribution >= 4 is 11.1 Å². The number of hydrogen-bond donors (Lipinski definition) is 0. The van der Waals surface area contributed by atoms with Gasteiger partial charge in [-0.15, -0.1) is 0 Å². The number of aromatic nitrogens is 2. The molecule has 72 valence electrons. The smallest absolute Gasteiger partial charge is 0.214 e. The molecule has 0 radical (unpaired) electrons. The minimum atomic E-state index is -2.24. The predicted molar refractivity (Wildman–Crippen MR) is 46.9 cm³/mol. The van der Waals surface area contributed by atoms with Crippen LogP contribution in [0.1, 0.15) is 0 Å². The van der Waals surface area contributed by atoms with Crippen molar-refractivity contribution in [3.8, 4) is 11.4 Å². The summed E-state index contributed by atoms with van der Waals surface area (Å²) in [4.78, 5) is 4.01. The van der Waals surface area contributed by atoms with E-state index >= 15 is 0 Å². The Morgan fingerprint density at radius 2 is 2.29 bits per heavy atom. The second-order valence-corrected chi connectivity index (χ2v) is 3.46. The molecule has 1 unspecified atom stereocenters. The highest BCUT2D eigenvalue weighted by Crippen LogP contribution is 2.17. The van der Waals surface area contributed by atoms with Gasteiger partial charge in [0.25, 0.3) is 0 Å². The maximum atomic E-state index is 10.7. The molecule has 0 N–H and O–H groups in total. The van der Waals surface area contributed by atoms with E-state index < -0.39 is 11.1 Å². The Balaban J connectivity index is 2.46. The highest BCUT2D eigenvalue weighted by molar-refractivity contribution is 7.79. The molecule has 5 nitrogen and oxygen atoms in total. The predicted octanol–water partition coefficient (Wildman–Crippen LogP) is 0.975. The molecule has 2 aromatic rings. The molecule has 0 aliphatic carbocycles. The van der Waals surface area contributed by atoms with Crippen LogP contribution in [0.3, 0.4) is 0 Å². The van der Waals surface area contributed by atoms with Gasteiger partial charge < -0.3 is 9.08 Å². The highest BCUT2D eigenvalue weighted by atomic mass is 32.2. The van der Waals surface area contributed by atoms with E-state index in [9.17, 15) is 8.76 Å². The van der Waals surface area contributed by atoms with Crippen LogP contribution in [0.15, 0.2) is 40.1 Å². The van der Waals surface area contributed by atoms with E-state index in [0.29, 0.717) is 11.4 Å². The molecular weight excluding hydrogens is 204 g/mol. The van der Waals surface area contributed by atoms with Gasteiger partial charge in [-0.2, -0.15) is 4.98 Å². The van der Waals surface area contributed by atoms with Crippen molar-refractivity contribution in [2.24, 2.45) is 0 Å². The first-order valence-electron chi connectivity index (χ1n) is 3.73. The zero-order chi connectivity index (χ0) is 9.97. The third-order valence-corrected chi connectivity index (χ3v) is 2.28. The molecule has 1 heterocycles. The average molecular weight is 209 g/mol. The molecule has 2 rings (SSSR count). The van der Waals surface area contributed by atoms with Gasteiger partial charge in [0.1, 0.15) is 0 Å². The first-order valence-corrected chi connectivity index (χ1v) is 4.81. The fourth-order valence-electron chi connectivity index (χ4n) is 1.04. The largest absolute Gasteiger partial charge is 0.768 e. The lowest BCUT2D eigenvalue weighted by Crippen LogP contribution is -1.89. The standard InChI is InChI=1S/C8H6N2O3S/c11-14(12)7-3-1-2-6(4-7)8-9-5-13-10-8/h1-5H,(H,11,12)/p-1. The summed E-state index contributed by atoms with van der Waals surface area (Å²) in [5.74, 6) is 0.373. The van der Waals surface area contributed by atoms with Crippen LogP contribution in [0.5, 0.6) is 0 Å². The van der Waals surface area contributed by atoms with Crippen molar-refractivity contribution in [1.82, 2.24) is 10.1 Å². The Hall–Kier alpha value is -1.53. The first-order chi connectivity index (χ1) is 6.77. The van der Waals surface area contributed by atoms with E-state index in [-0.39, 0.29) is 4.90 Å². The zero-order valence-corrected chi connectivity index (χ0v) is 7.73. The Morgan fingerprint density at radius 1 is 1.43 bits per heavy atom. The van der Waals surface area contributed by atoms with Crippen LogP contribution >= 0.6 is 0 Å². The molecule has 0 aliphatic rings. The maximum absolute atomic E-state index is 10.7. The molecule has 0 saturated heterocycles. The topological polar surface area (TPSA) is 79.0 Å². The van der Waals surface area contributed by atoms with E-state index in [0.717, 1.165) is 0 Å². The third-order valence-electron chi connectivity index (χ3n) is 1.65. The van der Waals surface area contributed by atoms with Crippen molar-refractivity contribution in [1.29, 1.82) is 0 Å². The van der Waals surface area contributed by atoms with E-state index in [1.54, 1.807) is 12.1 Å². The Labute approximate surface area is 82.1 Å². The SMILES string of the molecule is O=S([O-])c1cccc(-c2ncon2)c1. The second kappa shape index (κ2) is 3.69. The lowest BCUT2D eigenvalue weighted by molar-refractivity contribution is 0.418. The molecule has 0 fully saturated rings. The van der Waals surface area contributed by atoms with Gasteiger partial charge >= 0.3 is 0 Å². The van der Waals surface area contributed by atoms with Crippen molar-refractivity contribution in [3.63, 3.8) is 0 Å². The molecule has 6 heteroatoms. The summed E-state index contributed by atoms with van der Waals surface area (Å²) in [6.07, 6.45) is 1.19. The zero-order valence-electron chi connectivity index (χ0n) is 6.91. The van der Waals surface area contributed by atoms with Crippen LogP contribution in [-0.4, -0.2) is 18.9 Å². The normalized spacial score (nSPS) is 12.6. The van der Waals surface area contributed by atoms with Gasteiger partial charge in [0.2, 0.25) is 12.2 Å². The van der Waals surface area contributed by atoms with Gasteiger partial charge in [0.15, 0.2) is 0 Å². The summed E-state index contributed by atoms with van der Waals surface area (Å²) in [5, 5.41) is 3.60. The summed E-state index contributed by atoms with van der Waals surface area (Å²) >= 11 is -2.24. The number of hydrogen-bond acceptors (Lipinski definition) is 5. The summed E-state index contributed by atoms with van der Waals surface area (Å²) in [7, 11) is 0. The molecule has 0 saturated carbocycles. The number of nitrogens with zero attached hydrogens (tertiary/aromatic N) is 2. The third kappa shape index (κ3) is 1.70. The van der Waals surface area contributed by atoms with Gasteiger partial charge in [0, 0.05) is 10.5 Å². The maximum Gasteiger partial charge on any atom is 0.214 e. The van der Waals surface area contributed by atoms with Crippen molar-refractivity contribution in [2.75, 3.05) is 0 Å². The van der Waals surface area contributed by atoms with Gasteiger partial charge in [-0.1, -0.05) is 17.3 Å². The van der Waals surface area contributed by atoms with Crippen molar-refractivity contribution in [3.05, 3.63) is 30.7 Å². The number of rotatable bonds is 2. The number of benzene rings is 1. The molecule has 1 aromatic carbocycles. The lowest BCUT2D eigenvalue weighted by Gasteiger charge is -2.04. The van der Waals surface area contributed by atoms with Crippen LogP contribution < -0.4 is 0 Å². The van der Waals surface area contributed by atoms with Crippen LogP contribution in [-0.2, 0) is 11.1 Å². The van der Waals surface area contributed by atoms with Crippen LogP contribution in [0.25, 0.3) is 11.4 Å². The van der Waals surface area contributed by atoms with E-state index in [2.05, 4.69) is 14.7 Å². The van der Waals surface area contributed by atoms with Gasteiger partial charge in [-0.05, 0) is 23.2 Å². The molecule has 0 amide bonds. The molecular formula is C8H5N2O3S-. The quantitative estimate of drug-likeness (QED) is 0.688. The summed E-state index contributed by atoms with van der Waals surface area (Å²) < 4.78 is 25.9. The first kappa shape index (κ1) is 9.04. The fraction of sp³-hybridized carbons (Fsp3) is 0. The lowest BCUT2D eigenvalue weighted by atomic mass is 10.2. The van der Waals surface area contributed by atoms with Crippen molar-refractivity contribution < 1.29 is 13.3 Å². The van der Waals surface area contributed by atoms with Gasteiger partial charge in [-0.3, -0.25) is 4.21 Å². The molecule has 1 aromatic heterocycles. The highest BCUT2D eigenvalue weighted by Gasteiger charge is 2.03. The molecule has 0 aliphatic heterocycles.